The maximum absolute atomic E-state index is 10.5. The Bertz CT molecular complexity index is 480. The van der Waals surface area contributed by atoms with Crippen molar-refractivity contribution in [2.24, 2.45) is 5.41 Å². The summed E-state index contributed by atoms with van der Waals surface area (Å²) >= 11 is 0. The highest BCUT2D eigenvalue weighted by atomic mass is 16.6. The van der Waals surface area contributed by atoms with Crippen molar-refractivity contribution in [3.8, 4) is 11.5 Å². The molecular formula is C16H24O6. The van der Waals surface area contributed by atoms with Crippen LogP contribution in [0.3, 0.4) is 0 Å². The van der Waals surface area contributed by atoms with Gasteiger partial charge in [0.15, 0.2) is 6.10 Å². The summed E-state index contributed by atoms with van der Waals surface area (Å²) in [5.74, 6) is 0.508. The molecule has 1 saturated heterocycles. The zero-order valence-corrected chi connectivity index (χ0v) is 13.0. The molecule has 1 aliphatic heterocycles. The van der Waals surface area contributed by atoms with Crippen molar-refractivity contribution < 1.29 is 29.9 Å². The minimum absolute atomic E-state index is 0.0984. The monoisotopic (exact) mass is 312 g/mol. The van der Waals surface area contributed by atoms with E-state index in [-0.39, 0.29) is 17.8 Å². The average Bonchev–Trinajstić information content (AvgIpc) is 2.44. The predicted molar refractivity (Wildman–Crippen MR) is 79.7 cm³/mol. The van der Waals surface area contributed by atoms with Gasteiger partial charge in [0.25, 0.3) is 0 Å². The van der Waals surface area contributed by atoms with Gasteiger partial charge in [-0.1, -0.05) is 20.8 Å². The van der Waals surface area contributed by atoms with Crippen LogP contribution < -0.4 is 4.74 Å². The van der Waals surface area contributed by atoms with Crippen LogP contribution in [0.1, 0.15) is 20.8 Å². The van der Waals surface area contributed by atoms with E-state index >= 15 is 0 Å². The van der Waals surface area contributed by atoms with Gasteiger partial charge >= 0.3 is 0 Å². The molecule has 0 radical (unpaired) electrons. The van der Waals surface area contributed by atoms with Crippen molar-refractivity contribution >= 4 is 0 Å². The van der Waals surface area contributed by atoms with E-state index in [2.05, 4.69) is 0 Å². The number of aliphatic hydroxyl groups excluding tert-OH is 3. The van der Waals surface area contributed by atoms with Crippen molar-refractivity contribution in [2.75, 3.05) is 6.61 Å². The fourth-order valence-corrected chi connectivity index (χ4v) is 2.62. The molecular weight excluding hydrogens is 288 g/mol. The minimum atomic E-state index is -1.16. The number of ether oxygens (including phenoxy) is 2. The number of aromatic hydroxyl groups is 1. The molecule has 1 aromatic carbocycles. The maximum atomic E-state index is 10.5. The molecule has 2 unspecified atom stereocenters. The standard InChI is InChI=1S/C16H24O6/c1-16(2,3)15-13(20)14(12(19)11(8-17)22-15)21-10-6-4-9(18)5-7-10/h4-7,11-15,17-20H,8H2,1-3H3/t11?,12-,13?,14+,15+/m1/s1. The van der Waals surface area contributed by atoms with E-state index in [1.165, 1.54) is 12.1 Å². The fraction of sp³-hybridized carbons (Fsp3) is 0.625. The number of phenols is 1. The van der Waals surface area contributed by atoms with E-state index in [0.717, 1.165) is 0 Å². The van der Waals surface area contributed by atoms with Crippen LogP contribution in [-0.4, -0.2) is 57.6 Å². The Balaban J connectivity index is 2.23. The molecule has 4 N–H and O–H groups in total. The topological polar surface area (TPSA) is 99.4 Å². The highest BCUT2D eigenvalue weighted by Crippen LogP contribution is 2.34. The number of phenolic OH excluding ortho intramolecular Hbond substituents is 1. The van der Waals surface area contributed by atoms with Crippen LogP contribution in [0.5, 0.6) is 11.5 Å². The maximum Gasteiger partial charge on any atom is 0.155 e. The second-order valence-electron chi connectivity index (χ2n) is 6.70. The summed E-state index contributed by atoms with van der Waals surface area (Å²) in [4.78, 5) is 0. The van der Waals surface area contributed by atoms with Gasteiger partial charge in [0.2, 0.25) is 0 Å². The molecule has 0 saturated carbocycles. The van der Waals surface area contributed by atoms with E-state index in [0.29, 0.717) is 5.75 Å². The normalized spacial score (nSPS) is 32.7. The molecule has 5 atom stereocenters. The quantitative estimate of drug-likeness (QED) is 0.655. The molecule has 124 valence electrons. The highest BCUT2D eigenvalue weighted by Gasteiger charge is 2.49. The van der Waals surface area contributed by atoms with E-state index in [4.69, 9.17) is 9.47 Å². The molecule has 22 heavy (non-hydrogen) atoms. The number of rotatable bonds is 3. The Labute approximate surface area is 129 Å². The lowest BCUT2D eigenvalue weighted by Gasteiger charge is -2.46. The van der Waals surface area contributed by atoms with E-state index in [1.54, 1.807) is 12.1 Å². The van der Waals surface area contributed by atoms with Gasteiger partial charge < -0.3 is 29.9 Å². The van der Waals surface area contributed by atoms with Gasteiger partial charge in [0.05, 0.1) is 12.7 Å². The van der Waals surface area contributed by atoms with E-state index < -0.39 is 30.5 Å². The Kier molecular flexibility index (Phi) is 4.97. The molecule has 2 rings (SSSR count). The lowest BCUT2D eigenvalue weighted by atomic mass is 9.80. The van der Waals surface area contributed by atoms with Gasteiger partial charge in [-0.05, 0) is 29.7 Å². The smallest absolute Gasteiger partial charge is 0.155 e. The highest BCUT2D eigenvalue weighted by molar-refractivity contribution is 5.30. The molecule has 1 aromatic rings. The summed E-state index contributed by atoms with van der Waals surface area (Å²) in [6.07, 6.45) is -4.55. The number of hydrogen-bond donors (Lipinski definition) is 4. The van der Waals surface area contributed by atoms with Crippen LogP contribution in [0, 0.1) is 5.41 Å². The minimum Gasteiger partial charge on any atom is -0.508 e. The van der Waals surface area contributed by atoms with Gasteiger partial charge in [0, 0.05) is 0 Å². The van der Waals surface area contributed by atoms with Gasteiger partial charge in [0.1, 0.15) is 29.8 Å². The van der Waals surface area contributed by atoms with Gasteiger partial charge in [-0.25, -0.2) is 0 Å². The molecule has 0 aromatic heterocycles. The van der Waals surface area contributed by atoms with Crippen molar-refractivity contribution in [1.82, 2.24) is 0 Å². The molecule has 0 aliphatic carbocycles. The molecule has 1 heterocycles. The van der Waals surface area contributed by atoms with Crippen LogP contribution >= 0.6 is 0 Å². The van der Waals surface area contributed by atoms with Gasteiger partial charge in [-0.2, -0.15) is 0 Å². The Morgan fingerprint density at radius 1 is 1.09 bits per heavy atom. The fourth-order valence-electron chi connectivity index (χ4n) is 2.62. The first kappa shape index (κ1) is 17.0. The van der Waals surface area contributed by atoms with E-state index in [1.807, 2.05) is 20.8 Å². The van der Waals surface area contributed by atoms with Crippen LogP contribution in [-0.2, 0) is 4.74 Å². The molecule has 0 spiro atoms. The summed E-state index contributed by atoms with van der Waals surface area (Å²) in [5.41, 5.74) is -0.385. The first-order valence-electron chi connectivity index (χ1n) is 7.32. The van der Waals surface area contributed by atoms with Crippen LogP contribution in [0.15, 0.2) is 24.3 Å². The summed E-state index contributed by atoms with van der Waals surface area (Å²) in [5, 5.41) is 39.5. The number of hydrogen-bond acceptors (Lipinski definition) is 6. The SMILES string of the molecule is CC(C)(C)[C@H]1OC(CO)[C@@H](O)[C@H](Oc2ccc(O)cc2)C1O. The first-order valence-corrected chi connectivity index (χ1v) is 7.32. The number of benzene rings is 1. The summed E-state index contributed by atoms with van der Waals surface area (Å²) in [6, 6.07) is 6.00. The van der Waals surface area contributed by atoms with Crippen LogP contribution in [0.25, 0.3) is 0 Å². The second-order valence-corrected chi connectivity index (χ2v) is 6.70. The first-order chi connectivity index (χ1) is 10.2. The van der Waals surface area contributed by atoms with Crippen molar-refractivity contribution in [3.05, 3.63) is 24.3 Å². The van der Waals surface area contributed by atoms with Crippen molar-refractivity contribution in [3.63, 3.8) is 0 Å². The molecule has 6 nitrogen and oxygen atoms in total. The Hall–Kier alpha value is -1.34. The molecule has 0 amide bonds. The second kappa shape index (κ2) is 6.42. The van der Waals surface area contributed by atoms with Crippen molar-refractivity contribution in [2.45, 2.75) is 51.3 Å². The lowest BCUT2D eigenvalue weighted by Crippen LogP contribution is -2.63. The zero-order chi connectivity index (χ0) is 16.5. The largest absolute Gasteiger partial charge is 0.508 e. The lowest BCUT2D eigenvalue weighted by molar-refractivity contribution is -0.244. The third-order valence-corrected chi connectivity index (χ3v) is 3.83. The molecule has 0 bridgehead atoms. The third-order valence-electron chi connectivity index (χ3n) is 3.83. The molecule has 1 fully saturated rings. The van der Waals surface area contributed by atoms with Crippen molar-refractivity contribution in [1.29, 1.82) is 0 Å². The summed E-state index contributed by atoms with van der Waals surface area (Å²) in [7, 11) is 0. The van der Waals surface area contributed by atoms with Crippen LogP contribution in [0.4, 0.5) is 0 Å². The summed E-state index contributed by atoms with van der Waals surface area (Å²) in [6.45, 7) is 5.36. The molecule has 1 aliphatic rings. The average molecular weight is 312 g/mol. The van der Waals surface area contributed by atoms with E-state index in [9.17, 15) is 20.4 Å². The summed E-state index contributed by atoms with van der Waals surface area (Å²) < 4.78 is 11.3. The van der Waals surface area contributed by atoms with Gasteiger partial charge in [-0.3, -0.25) is 0 Å². The third kappa shape index (κ3) is 3.52. The number of aliphatic hydroxyl groups is 3. The predicted octanol–water partition coefficient (Wildman–Crippen LogP) is 0.667. The zero-order valence-electron chi connectivity index (χ0n) is 13.0. The van der Waals surface area contributed by atoms with Crippen LogP contribution in [0.2, 0.25) is 0 Å². The Morgan fingerprint density at radius 3 is 2.18 bits per heavy atom. The Morgan fingerprint density at radius 2 is 1.68 bits per heavy atom. The van der Waals surface area contributed by atoms with Gasteiger partial charge in [-0.15, -0.1) is 0 Å². The molecule has 6 heteroatoms.